The van der Waals surface area contributed by atoms with Crippen molar-refractivity contribution >= 4 is 76.7 Å². The number of fused-ring (bicyclic) bond motifs is 12. The first-order chi connectivity index (χ1) is 35.7. The van der Waals surface area contributed by atoms with Crippen molar-refractivity contribution in [1.29, 1.82) is 0 Å². The van der Waals surface area contributed by atoms with Crippen molar-refractivity contribution in [3.63, 3.8) is 0 Å². The fourth-order valence-electron chi connectivity index (χ4n) is 13.2. The fraction of sp³-hybridized carbons (Fsp3) is 0.0588. The number of nitrogens with zero attached hydrogens (tertiary/aromatic N) is 4. The molecular weight excluding hydrogens is 873 g/mol. The highest BCUT2D eigenvalue weighted by atomic mass is 15.2. The van der Waals surface area contributed by atoms with Gasteiger partial charge >= 0.3 is 0 Å². The van der Waals surface area contributed by atoms with E-state index in [4.69, 9.17) is 0 Å². The zero-order valence-corrected chi connectivity index (χ0v) is 39.6. The number of hydrogen-bond donors (Lipinski definition) is 0. The number of hydrogen-bond acceptors (Lipinski definition) is 1. The topological polar surface area (TPSA) is 18.0 Å². The lowest BCUT2D eigenvalue weighted by atomic mass is 9.75. The minimum absolute atomic E-state index is 0.119. The SMILES string of the molecule is CC1=C(c2ccc3c(c2)c2ccccc2n3-c2ccccc2)C=CC2C1c1cc(-c3ccc4c(c3)c3ccccc3n4-c3ccccc3)cc3c1C3N2c1ccc2c(c1)c1ccccc1n2-c1ccccc1. The number of rotatable bonds is 6. The Labute approximate surface area is 416 Å². The Balaban J connectivity index is 0.883. The number of anilines is 1. The molecule has 13 aromatic rings. The molecule has 0 amide bonds. The zero-order chi connectivity index (χ0) is 47.2. The number of aromatic nitrogens is 3. The van der Waals surface area contributed by atoms with Gasteiger partial charge in [0.1, 0.15) is 0 Å². The van der Waals surface area contributed by atoms with Crippen molar-refractivity contribution in [1.82, 2.24) is 13.7 Å². The Morgan fingerprint density at radius 3 is 1.31 bits per heavy atom. The first-order valence-corrected chi connectivity index (χ1v) is 25.3. The third kappa shape index (κ3) is 5.57. The highest BCUT2D eigenvalue weighted by molar-refractivity contribution is 6.13. The van der Waals surface area contributed by atoms with Gasteiger partial charge in [-0.15, -0.1) is 0 Å². The van der Waals surface area contributed by atoms with Crippen LogP contribution in [0, 0.1) is 0 Å². The first kappa shape index (κ1) is 39.7. The number of para-hydroxylation sites is 6. The van der Waals surface area contributed by atoms with Gasteiger partial charge in [0.05, 0.1) is 45.2 Å². The molecule has 3 unspecified atom stereocenters. The summed E-state index contributed by atoms with van der Waals surface area (Å²) in [4.78, 5) is 2.75. The molecule has 0 saturated carbocycles. The minimum Gasteiger partial charge on any atom is -0.353 e. The minimum atomic E-state index is 0.119. The first-order valence-electron chi connectivity index (χ1n) is 25.3. The maximum Gasteiger partial charge on any atom is 0.0812 e. The maximum absolute atomic E-state index is 2.75. The molecule has 4 nitrogen and oxygen atoms in total. The molecule has 0 radical (unpaired) electrons. The molecule has 338 valence electrons. The van der Waals surface area contributed by atoms with E-state index < -0.39 is 0 Å². The lowest BCUT2D eigenvalue weighted by Gasteiger charge is -2.43. The summed E-state index contributed by atoms with van der Waals surface area (Å²) in [5.74, 6) is 0.142. The fourth-order valence-corrected chi connectivity index (χ4v) is 13.2. The van der Waals surface area contributed by atoms with Crippen LogP contribution < -0.4 is 4.90 Å². The Bertz CT molecular complexity index is 4470. The van der Waals surface area contributed by atoms with Gasteiger partial charge < -0.3 is 18.6 Å². The van der Waals surface area contributed by atoms with E-state index >= 15 is 0 Å². The highest BCUT2D eigenvalue weighted by Crippen LogP contribution is 2.62. The van der Waals surface area contributed by atoms with Gasteiger partial charge in [-0.1, -0.05) is 145 Å². The molecule has 0 N–H and O–H groups in total. The maximum atomic E-state index is 2.75. The van der Waals surface area contributed by atoms with Gasteiger partial charge in [0.25, 0.3) is 0 Å². The van der Waals surface area contributed by atoms with Crippen LogP contribution in [0.25, 0.3) is 99.2 Å². The molecule has 10 aromatic carbocycles. The summed E-state index contributed by atoms with van der Waals surface area (Å²) in [6.07, 6.45) is 4.96. The molecule has 4 heterocycles. The van der Waals surface area contributed by atoms with E-state index in [1.165, 1.54) is 133 Å². The van der Waals surface area contributed by atoms with Crippen LogP contribution in [0.5, 0.6) is 0 Å². The van der Waals surface area contributed by atoms with E-state index in [-0.39, 0.29) is 18.0 Å². The van der Waals surface area contributed by atoms with E-state index in [0.717, 1.165) is 0 Å². The van der Waals surface area contributed by atoms with Crippen molar-refractivity contribution in [2.24, 2.45) is 0 Å². The molecule has 3 atom stereocenters. The third-order valence-electron chi connectivity index (χ3n) is 16.3. The lowest BCUT2D eigenvalue weighted by Crippen LogP contribution is -2.42. The molecule has 0 bridgehead atoms. The Morgan fingerprint density at radius 2 is 0.764 bits per heavy atom. The van der Waals surface area contributed by atoms with Crippen molar-refractivity contribution in [2.45, 2.75) is 24.9 Å². The van der Waals surface area contributed by atoms with Crippen molar-refractivity contribution in [3.05, 3.63) is 271 Å². The highest BCUT2D eigenvalue weighted by Gasteiger charge is 2.52. The summed E-state index contributed by atoms with van der Waals surface area (Å²) in [6, 6.07) is 85.8. The lowest BCUT2D eigenvalue weighted by molar-refractivity contribution is 0.572. The molecule has 0 spiro atoms. The van der Waals surface area contributed by atoms with Gasteiger partial charge in [-0.2, -0.15) is 0 Å². The average Bonchev–Trinajstić information content (AvgIpc) is 3.74. The molecular formula is C68H46N4. The predicted molar refractivity (Wildman–Crippen MR) is 300 cm³/mol. The summed E-state index contributed by atoms with van der Waals surface area (Å²) < 4.78 is 7.24. The van der Waals surface area contributed by atoms with Crippen LogP contribution in [0.2, 0.25) is 0 Å². The molecule has 2 aliphatic carbocycles. The van der Waals surface area contributed by atoms with Gasteiger partial charge in [0, 0.05) is 61.0 Å². The molecule has 16 rings (SSSR count). The van der Waals surface area contributed by atoms with E-state index in [0.29, 0.717) is 0 Å². The quantitative estimate of drug-likeness (QED) is 0.163. The molecule has 3 aliphatic rings. The zero-order valence-electron chi connectivity index (χ0n) is 39.6. The molecule has 0 saturated heterocycles. The number of allylic oxidation sites excluding steroid dienone is 2. The smallest absolute Gasteiger partial charge is 0.0812 e. The normalized spacial score (nSPS) is 17.0. The van der Waals surface area contributed by atoms with Crippen molar-refractivity contribution < 1.29 is 0 Å². The van der Waals surface area contributed by atoms with Crippen molar-refractivity contribution in [2.75, 3.05) is 4.90 Å². The number of benzene rings is 10. The Morgan fingerprint density at radius 1 is 0.333 bits per heavy atom. The van der Waals surface area contributed by atoms with Gasteiger partial charge in [-0.05, 0) is 149 Å². The van der Waals surface area contributed by atoms with Crippen LogP contribution in [0.3, 0.4) is 0 Å². The Hall–Kier alpha value is -9.12. The summed E-state index contributed by atoms with van der Waals surface area (Å²) >= 11 is 0. The van der Waals surface area contributed by atoms with Crippen molar-refractivity contribution in [3.8, 4) is 28.2 Å². The van der Waals surface area contributed by atoms with Gasteiger partial charge in [0.2, 0.25) is 0 Å². The van der Waals surface area contributed by atoms with Crippen LogP contribution in [-0.4, -0.2) is 19.7 Å². The largest absolute Gasteiger partial charge is 0.353 e. The van der Waals surface area contributed by atoms with Gasteiger partial charge in [0.15, 0.2) is 0 Å². The molecule has 1 aliphatic heterocycles. The van der Waals surface area contributed by atoms with Crippen LogP contribution in [0.15, 0.2) is 248 Å². The van der Waals surface area contributed by atoms with E-state index in [1.54, 1.807) is 0 Å². The van der Waals surface area contributed by atoms with E-state index in [1.807, 2.05) is 0 Å². The average molecular weight is 919 g/mol. The van der Waals surface area contributed by atoms with Crippen LogP contribution in [0.4, 0.5) is 5.69 Å². The molecule has 3 aromatic heterocycles. The van der Waals surface area contributed by atoms with E-state index in [9.17, 15) is 0 Å². The van der Waals surface area contributed by atoms with Gasteiger partial charge in [-0.3, -0.25) is 0 Å². The summed E-state index contributed by atoms with van der Waals surface area (Å²) in [6.45, 7) is 2.41. The predicted octanol–water partition coefficient (Wildman–Crippen LogP) is 17.1. The molecule has 72 heavy (non-hydrogen) atoms. The van der Waals surface area contributed by atoms with Crippen LogP contribution in [0.1, 0.15) is 41.1 Å². The summed E-state index contributed by atoms with van der Waals surface area (Å²) in [5, 5.41) is 7.63. The van der Waals surface area contributed by atoms with Gasteiger partial charge in [-0.25, -0.2) is 0 Å². The second-order valence-electron chi connectivity index (χ2n) is 20.0. The van der Waals surface area contributed by atoms with Crippen LogP contribution in [-0.2, 0) is 0 Å². The summed E-state index contributed by atoms with van der Waals surface area (Å²) in [5.41, 5.74) is 23.0. The monoisotopic (exact) mass is 918 g/mol. The molecule has 4 heteroatoms. The van der Waals surface area contributed by atoms with Crippen LogP contribution >= 0.6 is 0 Å². The second kappa shape index (κ2) is 14.9. The Kier molecular flexibility index (Phi) is 8.24. The molecule has 0 fully saturated rings. The van der Waals surface area contributed by atoms with E-state index in [2.05, 4.69) is 268 Å². The second-order valence-corrected chi connectivity index (χ2v) is 20.0. The third-order valence-corrected chi connectivity index (χ3v) is 16.3. The standard InChI is InChI=1S/C68H46N4/c1-42-50(44-30-34-63-55(38-44)52-24-12-15-27-60(52)70(63)47-19-7-3-8-20-47)32-36-65-66(42)57-39-45(43-29-33-62-54(37-43)51-23-11-14-26-59(51)69(62)46-17-5-2-6-18-46)40-58-67(57)68(58)72(65)49-31-35-64-56(41-49)53-25-13-16-28-61(53)71(64)48-21-9-4-10-22-48/h2-41,65-66,68H,1H3. The summed E-state index contributed by atoms with van der Waals surface area (Å²) in [7, 11) is 0.